The molecule has 0 fully saturated rings. The van der Waals surface area contributed by atoms with E-state index in [9.17, 15) is 9.90 Å². The van der Waals surface area contributed by atoms with Gasteiger partial charge in [-0.25, -0.2) is 4.79 Å². The molecule has 1 radical (unpaired) electrons. The van der Waals surface area contributed by atoms with Crippen LogP contribution in [0.4, 0.5) is 6.01 Å². The zero-order chi connectivity index (χ0) is 13.8. The van der Waals surface area contributed by atoms with Crippen molar-refractivity contribution in [3.63, 3.8) is 0 Å². The van der Waals surface area contributed by atoms with E-state index in [1.54, 1.807) is 11.8 Å². The van der Waals surface area contributed by atoms with Crippen LogP contribution in [0.15, 0.2) is 28.4 Å². The fourth-order valence-corrected chi connectivity index (χ4v) is 1.73. The molecule has 0 spiro atoms. The number of hydrogen-bond acceptors (Lipinski definition) is 7. The molecule has 20 heavy (non-hydrogen) atoms. The van der Waals surface area contributed by atoms with Crippen molar-refractivity contribution in [2.24, 2.45) is 0 Å². The van der Waals surface area contributed by atoms with Crippen molar-refractivity contribution < 1.29 is 19.1 Å². The summed E-state index contributed by atoms with van der Waals surface area (Å²) in [6, 6.07) is 0.332. The molecule has 0 aromatic carbocycles. The minimum atomic E-state index is -0.557. The SMILES string of the molecule is C=CCOC(=O)C1=C(O)CCN(c2nnc(C)o2)C1.[K]. The molecular weight excluding hydrogens is 289 g/mol. The average molecular weight is 304 g/mol. The maximum Gasteiger partial charge on any atom is 0.339 e. The third-order valence-electron chi connectivity index (χ3n) is 2.68. The monoisotopic (exact) mass is 304 g/mol. The van der Waals surface area contributed by atoms with Crippen LogP contribution in [0.5, 0.6) is 0 Å². The average Bonchev–Trinajstić information content (AvgIpc) is 2.83. The van der Waals surface area contributed by atoms with Gasteiger partial charge in [0, 0.05) is 71.3 Å². The number of carbonyl (C=O) groups excluding carboxylic acids is 1. The van der Waals surface area contributed by atoms with Crippen LogP contribution in [0, 0.1) is 6.92 Å². The molecule has 0 bridgehead atoms. The maximum absolute atomic E-state index is 11.8. The molecular formula is C12H15KN3O4. The van der Waals surface area contributed by atoms with Crippen LogP contribution in [0.25, 0.3) is 0 Å². The first-order valence-electron chi connectivity index (χ1n) is 5.86. The van der Waals surface area contributed by atoms with Gasteiger partial charge in [0.2, 0.25) is 5.89 Å². The number of carbonyl (C=O) groups is 1. The van der Waals surface area contributed by atoms with Gasteiger partial charge in [-0.05, 0) is 0 Å². The largest absolute Gasteiger partial charge is 0.512 e. The van der Waals surface area contributed by atoms with Gasteiger partial charge in [0.15, 0.2) is 0 Å². The smallest absolute Gasteiger partial charge is 0.339 e. The van der Waals surface area contributed by atoms with Crippen LogP contribution in [0.2, 0.25) is 0 Å². The number of rotatable bonds is 4. The predicted octanol–water partition coefficient (Wildman–Crippen LogP) is 0.749. The van der Waals surface area contributed by atoms with Crippen LogP contribution in [-0.4, -0.2) is 92.4 Å². The maximum atomic E-state index is 11.8. The topological polar surface area (TPSA) is 88.7 Å². The van der Waals surface area contributed by atoms with Crippen LogP contribution >= 0.6 is 0 Å². The number of ether oxygens (including phenoxy) is 1. The summed E-state index contributed by atoms with van der Waals surface area (Å²) in [5.74, 6) is -0.0653. The third kappa shape index (κ3) is 4.16. The number of aromatic nitrogens is 2. The first kappa shape index (κ1) is 17.4. The summed E-state index contributed by atoms with van der Waals surface area (Å²) in [6.07, 6.45) is 1.80. The molecule has 0 aliphatic carbocycles. The van der Waals surface area contributed by atoms with E-state index in [1.807, 2.05) is 0 Å². The molecule has 1 aromatic rings. The van der Waals surface area contributed by atoms with E-state index >= 15 is 0 Å². The summed E-state index contributed by atoms with van der Waals surface area (Å²) in [7, 11) is 0. The molecule has 2 rings (SSSR count). The molecule has 0 amide bonds. The van der Waals surface area contributed by atoms with Gasteiger partial charge in [-0.3, -0.25) is 0 Å². The molecule has 0 saturated carbocycles. The molecule has 0 atom stereocenters. The fraction of sp³-hybridized carbons (Fsp3) is 0.417. The van der Waals surface area contributed by atoms with Gasteiger partial charge in [-0.15, -0.1) is 5.10 Å². The summed E-state index contributed by atoms with van der Waals surface area (Å²) >= 11 is 0. The van der Waals surface area contributed by atoms with Crippen molar-refractivity contribution >= 4 is 63.4 Å². The van der Waals surface area contributed by atoms with Crippen molar-refractivity contribution in [3.05, 3.63) is 29.9 Å². The van der Waals surface area contributed by atoms with E-state index in [0.29, 0.717) is 24.9 Å². The van der Waals surface area contributed by atoms with E-state index in [1.165, 1.54) is 6.08 Å². The Morgan fingerprint density at radius 2 is 2.35 bits per heavy atom. The fourth-order valence-electron chi connectivity index (χ4n) is 1.73. The molecule has 7 nitrogen and oxygen atoms in total. The van der Waals surface area contributed by atoms with E-state index in [0.717, 1.165) is 0 Å². The first-order chi connectivity index (χ1) is 9.11. The summed E-state index contributed by atoms with van der Waals surface area (Å²) in [5.41, 5.74) is 0.212. The Balaban J connectivity index is 0.00000200. The molecule has 103 valence electrons. The number of nitrogens with zero attached hydrogens (tertiary/aromatic N) is 3. The van der Waals surface area contributed by atoms with Crippen LogP contribution < -0.4 is 4.90 Å². The molecule has 0 unspecified atom stereocenters. The van der Waals surface area contributed by atoms with E-state index in [2.05, 4.69) is 16.8 Å². The van der Waals surface area contributed by atoms with Crippen molar-refractivity contribution in [2.45, 2.75) is 13.3 Å². The van der Waals surface area contributed by atoms with Gasteiger partial charge in [0.25, 0.3) is 0 Å². The number of aliphatic hydroxyl groups is 1. The van der Waals surface area contributed by atoms with Gasteiger partial charge in [-0.1, -0.05) is 17.8 Å². The van der Waals surface area contributed by atoms with Gasteiger partial charge in [-0.2, -0.15) is 0 Å². The predicted molar refractivity (Wildman–Crippen MR) is 72.4 cm³/mol. The summed E-state index contributed by atoms with van der Waals surface area (Å²) < 4.78 is 10.2. The minimum Gasteiger partial charge on any atom is -0.512 e. The minimum absolute atomic E-state index is 0. The Hall–Kier alpha value is -0.674. The Kier molecular flexibility index (Phi) is 6.90. The van der Waals surface area contributed by atoms with Crippen molar-refractivity contribution in [1.29, 1.82) is 0 Å². The van der Waals surface area contributed by atoms with Gasteiger partial charge in [0.1, 0.15) is 12.4 Å². The second-order valence-electron chi connectivity index (χ2n) is 4.09. The molecule has 2 heterocycles. The van der Waals surface area contributed by atoms with Crippen LogP contribution in [-0.2, 0) is 9.53 Å². The van der Waals surface area contributed by atoms with E-state index in [4.69, 9.17) is 9.15 Å². The van der Waals surface area contributed by atoms with E-state index in [-0.39, 0.29) is 75.9 Å². The summed E-state index contributed by atoms with van der Waals surface area (Å²) in [6.45, 7) is 5.95. The molecule has 1 aliphatic heterocycles. The normalized spacial score (nSPS) is 14.8. The Morgan fingerprint density at radius 3 is 2.95 bits per heavy atom. The number of aliphatic hydroxyl groups excluding tert-OH is 1. The number of esters is 1. The third-order valence-corrected chi connectivity index (χ3v) is 2.68. The molecule has 0 saturated heterocycles. The van der Waals surface area contributed by atoms with Gasteiger partial charge >= 0.3 is 12.0 Å². The summed E-state index contributed by atoms with van der Waals surface area (Å²) in [4.78, 5) is 13.5. The zero-order valence-corrected chi connectivity index (χ0v) is 14.7. The Labute approximate surface area is 159 Å². The standard InChI is InChI=1S/C12H15N3O4.K/c1-3-6-18-11(17)9-7-15(5-4-10(9)16)12-14-13-8(2)19-12;/h3,16H,1,4-7H2,2H3;. The van der Waals surface area contributed by atoms with Crippen LogP contribution in [0.3, 0.4) is 0 Å². The van der Waals surface area contributed by atoms with Crippen molar-refractivity contribution in [1.82, 2.24) is 10.2 Å². The zero-order valence-electron chi connectivity index (χ0n) is 11.6. The second-order valence-corrected chi connectivity index (χ2v) is 4.09. The second kappa shape index (κ2) is 7.94. The molecule has 1 aromatic heterocycles. The Bertz CT molecular complexity index is 527. The van der Waals surface area contributed by atoms with Crippen LogP contribution in [0.1, 0.15) is 12.3 Å². The summed E-state index contributed by atoms with van der Waals surface area (Å²) in [5, 5.41) is 17.4. The quantitative estimate of drug-likeness (QED) is 0.499. The van der Waals surface area contributed by atoms with Gasteiger partial charge in [0.05, 0.1) is 12.1 Å². The Morgan fingerprint density at radius 1 is 1.60 bits per heavy atom. The molecule has 1 aliphatic rings. The first-order valence-corrected chi connectivity index (χ1v) is 5.86. The molecule has 8 heteroatoms. The number of anilines is 1. The van der Waals surface area contributed by atoms with Gasteiger partial charge < -0.3 is 19.2 Å². The number of aryl methyl sites for hydroxylation is 1. The van der Waals surface area contributed by atoms with Crippen molar-refractivity contribution in [2.75, 3.05) is 24.6 Å². The van der Waals surface area contributed by atoms with Crippen molar-refractivity contribution in [3.8, 4) is 0 Å². The van der Waals surface area contributed by atoms with E-state index < -0.39 is 5.97 Å². The number of hydrogen-bond donors (Lipinski definition) is 1. The molecule has 1 N–H and O–H groups in total.